The van der Waals surface area contributed by atoms with E-state index in [2.05, 4.69) is 17.6 Å². The fourth-order valence-electron chi connectivity index (χ4n) is 3.27. The van der Waals surface area contributed by atoms with Crippen molar-refractivity contribution in [1.29, 1.82) is 0 Å². The minimum Gasteiger partial charge on any atom is -0.380 e. The minimum atomic E-state index is -0.159. The molecule has 1 aliphatic carbocycles. The molecule has 0 spiro atoms. The van der Waals surface area contributed by atoms with Crippen LogP contribution in [0.1, 0.15) is 71.1 Å². The fourth-order valence-corrected chi connectivity index (χ4v) is 3.27. The molecule has 0 saturated heterocycles. The van der Waals surface area contributed by atoms with Crippen molar-refractivity contribution in [2.45, 2.75) is 71.1 Å². The average Bonchev–Trinajstić information content (AvgIpc) is 2.67. The highest BCUT2D eigenvalue weighted by molar-refractivity contribution is 6.22. The summed E-state index contributed by atoms with van der Waals surface area (Å²) in [6.07, 6.45) is 13.0. The molecule has 0 amide bonds. The summed E-state index contributed by atoms with van der Waals surface area (Å²) in [5, 5.41) is 6.02. The zero-order chi connectivity index (χ0) is 19.9. The molecular weight excluding hydrogens is 340 g/mol. The number of nitrogens with one attached hydrogen (secondary N) is 2. The number of carbonyl (C=O) groups is 2. The first-order valence-corrected chi connectivity index (χ1v) is 10.6. The summed E-state index contributed by atoms with van der Waals surface area (Å²) in [7, 11) is 0. The number of allylic oxidation sites excluding steroid dienone is 2. The number of hydrogen-bond donors (Lipinski definition) is 4. The molecule has 154 valence electrons. The van der Waals surface area contributed by atoms with Crippen LogP contribution >= 0.6 is 0 Å². The van der Waals surface area contributed by atoms with Gasteiger partial charge < -0.3 is 22.1 Å². The van der Waals surface area contributed by atoms with Gasteiger partial charge in [0.2, 0.25) is 11.6 Å². The highest BCUT2D eigenvalue weighted by Gasteiger charge is 2.27. The van der Waals surface area contributed by atoms with E-state index in [1.165, 1.54) is 51.0 Å². The smallest absolute Gasteiger partial charge is 0.207 e. The molecule has 1 rings (SSSR count). The monoisotopic (exact) mass is 378 g/mol. The van der Waals surface area contributed by atoms with Gasteiger partial charge in [-0.3, -0.25) is 9.59 Å². The molecule has 0 radical (unpaired) electrons. The third-order valence-electron chi connectivity index (χ3n) is 4.78. The van der Waals surface area contributed by atoms with E-state index >= 15 is 0 Å². The van der Waals surface area contributed by atoms with Crippen LogP contribution in [0.15, 0.2) is 23.0 Å². The maximum atomic E-state index is 12.8. The first-order chi connectivity index (χ1) is 13.2. The van der Waals surface area contributed by atoms with E-state index < -0.39 is 0 Å². The van der Waals surface area contributed by atoms with Gasteiger partial charge in [-0.2, -0.15) is 0 Å². The van der Waals surface area contributed by atoms with Gasteiger partial charge in [0, 0.05) is 37.8 Å². The Morgan fingerprint density at radius 1 is 0.815 bits per heavy atom. The summed E-state index contributed by atoms with van der Waals surface area (Å²) in [5.41, 5.74) is 12.4. The van der Waals surface area contributed by atoms with E-state index in [1.807, 2.05) is 0 Å². The van der Waals surface area contributed by atoms with E-state index in [9.17, 15) is 9.59 Å². The molecule has 0 aliphatic heterocycles. The summed E-state index contributed by atoms with van der Waals surface area (Å²) < 4.78 is 0. The van der Waals surface area contributed by atoms with Crippen LogP contribution < -0.4 is 22.1 Å². The molecule has 0 fully saturated rings. The van der Waals surface area contributed by atoms with Gasteiger partial charge in [0.05, 0.1) is 11.4 Å². The largest absolute Gasteiger partial charge is 0.380 e. The van der Waals surface area contributed by atoms with E-state index in [0.29, 0.717) is 49.6 Å². The van der Waals surface area contributed by atoms with Crippen molar-refractivity contribution in [2.24, 2.45) is 11.5 Å². The van der Waals surface area contributed by atoms with Crippen LogP contribution in [-0.4, -0.2) is 37.7 Å². The lowest BCUT2D eigenvalue weighted by molar-refractivity contribution is -0.116. The first kappa shape index (κ1) is 23.4. The number of rotatable bonds is 16. The third kappa shape index (κ3) is 8.71. The molecule has 6 nitrogen and oxygen atoms in total. The maximum absolute atomic E-state index is 12.8. The number of hydrogen-bond acceptors (Lipinski definition) is 6. The zero-order valence-electron chi connectivity index (χ0n) is 16.9. The number of nitrogens with two attached hydrogens (primary N) is 2. The molecule has 0 saturated carbocycles. The average molecular weight is 379 g/mol. The van der Waals surface area contributed by atoms with E-state index in [1.54, 1.807) is 0 Å². The molecule has 0 aromatic rings. The van der Waals surface area contributed by atoms with Crippen molar-refractivity contribution in [3.05, 3.63) is 23.0 Å². The van der Waals surface area contributed by atoms with Crippen LogP contribution in [0, 0.1) is 0 Å². The van der Waals surface area contributed by atoms with Crippen molar-refractivity contribution in [3.8, 4) is 0 Å². The summed E-state index contributed by atoms with van der Waals surface area (Å²) in [5.74, 6) is -0.254. The minimum absolute atomic E-state index is 0.0952. The molecule has 6 N–H and O–H groups in total. The molecule has 0 atom stereocenters. The Morgan fingerprint density at radius 2 is 1.37 bits per heavy atom. The number of Topliss-reactive ketones (excluding diaryl/α,β-unsaturated/α-hetero) is 1. The molecule has 6 heteroatoms. The Kier molecular flexibility index (Phi) is 12.5. The Morgan fingerprint density at radius 3 is 1.96 bits per heavy atom. The zero-order valence-corrected chi connectivity index (χ0v) is 16.9. The second-order valence-electron chi connectivity index (χ2n) is 7.11. The van der Waals surface area contributed by atoms with Gasteiger partial charge in [-0.1, -0.05) is 58.3 Å². The van der Waals surface area contributed by atoms with Crippen LogP contribution in [-0.2, 0) is 9.59 Å². The fraction of sp³-hybridized carbons (Fsp3) is 0.714. The SMILES string of the molecule is CCCCCCCCCCCC1=C(NCCN)C(=O)C=C(NCCN)C1=O. The van der Waals surface area contributed by atoms with E-state index in [-0.39, 0.29) is 11.6 Å². The Hall–Kier alpha value is -1.66. The van der Waals surface area contributed by atoms with Gasteiger partial charge in [-0.05, 0) is 12.8 Å². The van der Waals surface area contributed by atoms with Crippen molar-refractivity contribution >= 4 is 11.6 Å². The second kappa shape index (κ2) is 14.4. The first-order valence-electron chi connectivity index (χ1n) is 10.6. The molecule has 27 heavy (non-hydrogen) atoms. The lowest BCUT2D eigenvalue weighted by atomic mass is 9.92. The van der Waals surface area contributed by atoms with Crippen molar-refractivity contribution in [1.82, 2.24) is 10.6 Å². The predicted octanol–water partition coefficient (Wildman–Crippen LogP) is 2.29. The molecule has 0 aromatic heterocycles. The van der Waals surface area contributed by atoms with E-state index in [0.717, 1.165) is 12.8 Å². The van der Waals surface area contributed by atoms with Crippen LogP contribution in [0.25, 0.3) is 0 Å². The van der Waals surface area contributed by atoms with Gasteiger partial charge >= 0.3 is 0 Å². The second-order valence-corrected chi connectivity index (χ2v) is 7.11. The molecular formula is C21H38N4O2. The highest BCUT2D eigenvalue weighted by atomic mass is 16.1. The van der Waals surface area contributed by atoms with Gasteiger partial charge in [0.25, 0.3) is 0 Å². The van der Waals surface area contributed by atoms with Crippen molar-refractivity contribution < 1.29 is 9.59 Å². The lowest BCUT2D eigenvalue weighted by Crippen LogP contribution is -2.36. The molecule has 0 bridgehead atoms. The normalized spacial score (nSPS) is 14.6. The summed E-state index contributed by atoms with van der Waals surface area (Å²) in [6, 6.07) is 0. The molecule has 0 heterocycles. The number of carbonyl (C=O) groups excluding carboxylic acids is 2. The predicted molar refractivity (Wildman–Crippen MR) is 111 cm³/mol. The van der Waals surface area contributed by atoms with Gasteiger partial charge in [-0.15, -0.1) is 0 Å². The Balaban J connectivity index is 2.52. The van der Waals surface area contributed by atoms with Crippen molar-refractivity contribution in [2.75, 3.05) is 26.2 Å². The quantitative estimate of drug-likeness (QED) is 0.242. The van der Waals surface area contributed by atoms with Crippen molar-refractivity contribution in [3.63, 3.8) is 0 Å². The third-order valence-corrected chi connectivity index (χ3v) is 4.78. The topological polar surface area (TPSA) is 110 Å². The van der Waals surface area contributed by atoms with Crippen LogP contribution in [0.2, 0.25) is 0 Å². The maximum Gasteiger partial charge on any atom is 0.207 e. The molecule has 1 aliphatic rings. The molecule has 0 unspecified atom stereocenters. The van der Waals surface area contributed by atoms with Crippen LogP contribution in [0.5, 0.6) is 0 Å². The van der Waals surface area contributed by atoms with Crippen LogP contribution in [0.3, 0.4) is 0 Å². The number of unbranched alkanes of at least 4 members (excludes halogenated alkanes) is 8. The Bertz CT molecular complexity index is 526. The standard InChI is InChI=1S/C21H38N4O2/c1-2-3-4-5-6-7-8-9-10-11-17-20(25-15-13-23)19(26)16-18(21(17)27)24-14-12-22/h16,24-25H,2-15,22-23H2,1H3. The van der Waals surface area contributed by atoms with Gasteiger partial charge in [0.15, 0.2) is 0 Å². The lowest BCUT2D eigenvalue weighted by Gasteiger charge is -2.21. The summed E-state index contributed by atoms with van der Waals surface area (Å²) in [6.45, 7) is 4.01. The molecule has 0 aromatic carbocycles. The van der Waals surface area contributed by atoms with Gasteiger partial charge in [0.1, 0.15) is 0 Å². The highest BCUT2D eigenvalue weighted by Crippen LogP contribution is 2.22. The summed E-state index contributed by atoms with van der Waals surface area (Å²) >= 11 is 0. The van der Waals surface area contributed by atoms with E-state index in [4.69, 9.17) is 11.5 Å². The number of ketones is 2. The van der Waals surface area contributed by atoms with Gasteiger partial charge in [-0.25, -0.2) is 0 Å². The summed E-state index contributed by atoms with van der Waals surface area (Å²) in [4.78, 5) is 25.2. The van der Waals surface area contributed by atoms with Crippen LogP contribution in [0.4, 0.5) is 0 Å². The Labute approximate surface area is 164 Å².